The van der Waals surface area contributed by atoms with E-state index >= 15 is 0 Å². The Morgan fingerprint density at radius 3 is 2.00 bits per heavy atom. The summed E-state index contributed by atoms with van der Waals surface area (Å²) in [6.45, 7) is 13.7. The van der Waals surface area contributed by atoms with Gasteiger partial charge in [0.2, 0.25) is 11.8 Å². The monoisotopic (exact) mass is 437 g/mol. The maximum absolute atomic E-state index is 12.7. The average molecular weight is 438 g/mol. The molecule has 2 aromatic rings. The SMILES string of the molecule is Cc1cc(C)c(NC(=O)CN(C)C(=O)C(C)NC(=O)c2ccc(C(C)(C)C)cc2)c(C)c1. The molecule has 3 amide bonds. The zero-order valence-corrected chi connectivity index (χ0v) is 20.4. The number of benzene rings is 2. The quantitative estimate of drug-likeness (QED) is 0.713. The molecule has 2 aromatic carbocycles. The summed E-state index contributed by atoms with van der Waals surface area (Å²) in [4.78, 5) is 39.1. The summed E-state index contributed by atoms with van der Waals surface area (Å²) in [5.74, 6) is -0.945. The van der Waals surface area contributed by atoms with Gasteiger partial charge >= 0.3 is 0 Å². The topological polar surface area (TPSA) is 78.5 Å². The van der Waals surface area contributed by atoms with E-state index in [2.05, 4.69) is 31.4 Å². The number of carbonyl (C=O) groups excluding carboxylic acids is 3. The maximum Gasteiger partial charge on any atom is 0.251 e. The van der Waals surface area contributed by atoms with E-state index in [1.807, 2.05) is 45.0 Å². The first kappa shape index (κ1) is 25.1. The molecule has 172 valence electrons. The predicted molar refractivity (Wildman–Crippen MR) is 129 cm³/mol. The van der Waals surface area contributed by atoms with Gasteiger partial charge in [-0.25, -0.2) is 0 Å². The van der Waals surface area contributed by atoms with Crippen LogP contribution in [-0.4, -0.2) is 42.3 Å². The fourth-order valence-electron chi connectivity index (χ4n) is 3.64. The number of carbonyl (C=O) groups is 3. The van der Waals surface area contributed by atoms with Gasteiger partial charge in [0.25, 0.3) is 5.91 Å². The molecule has 0 bridgehead atoms. The summed E-state index contributed by atoms with van der Waals surface area (Å²) in [5.41, 5.74) is 5.46. The van der Waals surface area contributed by atoms with Crippen LogP contribution in [0.5, 0.6) is 0 Å². The number of aryl methyl sites for hydroxylation is 3. The largest absolute Gasteiger partial charge is 0.341 e. The third kappa shape index (κ3) is 6.42. The van der Waals surface area contributed by atoms with Gasteiger partial charge in [0, 0.05) is 18.3 Å². The van der Waals surface area contributed by atoms with E-state index in [9.17, 15) is 14.4 Å². The van der Waals surface area contributed by atoms with Crippen LogP contribution in [0.2, 0.25) is 0 Å². The predicted octanol–water partition coefficient (Wildman–Crippen LogP) is 4.12. The van der Waals surface area contributed by atoms with Crippen molar-refractivity contribution in [3.8, 4) is 0 Å². The number of hydrogen-bond acceptors (Lipinski definition) is 3. The highest BCUT2D eigenvalue weighted by Gasteiger charge is 2.22. The second kappa shape index (κ2) is 9.98. The van der Waals surface area contributed by atoms with Gasteiger partial charge < -0.3 is 15.5 Å². The Morgan fingerprint density at radius 1 is 0.969 bits per heavy atom. The number of nitrogens with one attached hydrogen (secondary N) is 2. The van der Waals surface area contributed by atoms with Crippen LogP contribution in [-0.2, 0) is 15.0 Å². The lowest BCUT2D eigenvalue weighted by atomic mass is 9.86. The summed E-state index contributed by atoms with van der Waals surface area (Å²) in [6.07, 6.45) is 0. The van der Waals surface area contributed by atoms with Crippen molar-refractivity contribution in [2.45, 2.75) is 59.9 Å². The smallest absolute Gasteiger partial charge is 0.251 e. The molecule has 0 fully saturated rings. The minimum atomic E-state index is -0.759. The molecule has 0 saturated carbocycles. The van der Waals surface area contributed by atoms with Crippen LogP contribution in [0.25, 0.3) is 0 Å². The Labute approximate surface area is 191 Å². The molecule has 2 rings (SSSR count). The lowest BCUT2D eigenvalue weighted by Crippen LogP contribution is -2.47. The second-order valence-electron chi connectivity index (χ2n) is 9.54. The maximum atomic E-state index is 12.7. The fourth-order valence-corrected chi connectivity index (χ4v) is 3.64. The number of anilines is 1. The van der Waals surface area contributed by atoms with Crippen molar-refractivity contribution in [1.29, 1.82) is 0 Å². The Kier molecular flexibility index (Phi) is 7.83. The summed E-state index contributed by atoms with van der Waals surface area (Å²) in [5, 5.41) is 5.61. The highest BCUT2D eigenvalue weighted by molar-refractivity contribution is 5.99. The Bertz CT molecular complexity index is 981. The van der Waals surface area contributed by atoms with Crippen LogP contribution >= 0.6 is 0 Å². The molecule has 6 nitrogen and oxygen atoms in total. The molecule has 0 aliphatic heterocycles. The van der Waals surface area contributed by atoms with E-state index in [0.29, 0.717) is 5.56 Å². The number of likely N-dealkylation sites (N-methyl/N-ethyl adjacent to an activating group) is 1. The van der Waals surface area contributed by atoms with Crippen molar-refractivity contribution in [3.05, 3.63) is 64.2 Å². The first-order valence-corrected chi connectivity index (χ1v) is 10.8. The number of rotatable bonds is 6. The van der Waals surface area contributed by atoms with Crippen LogP contribution < -0.4 is 10.6 Å². The third-order valence-electron chi connectivity index (χ3n) is 5.43. The Morgan fingerprint density at radius 2 is 1.50 bits per heavy atom. The van der Waals surface area contributed by atoms with E-state index in [4.69, 9.17) is 0 Å². The first-order valence-electron chi connectivity index (χ1n) is 10.8. The molecule has 0 saturated heterocycles. The molecular formula is C26H35N3O3. The summed E-state index contributed by atoms with van der Waals surface area (Å²) >= 11 is 0. The molecule has 6 heteroatoms. The summed E-state index contributed by atoms with van der Waals surface area (Å²) in [7, 11) is 1.55. The fraction of sp³-hybridized carbons (Fsp3) is 0.423. The molecule has 32 heavy (non-hydrogen) atoms. The highest BCUT2D eigenvalue weighted by Crippen LogP contribution is 2.23. The van der Waals surface area contributed by atoms with Gasteiger partial charge in [-0.2, -0.15) is 0 Å². The summed E-state index contributed by atoms with van der Waals surface area (Å²) < 4.78 is 0. The minimum Gasteiger partial charge on any atom is -0.341 e. The average Bonchev–Trinajstić information content (AvgIpc) is 2.69. The van der Waals surface area contributed by atoms with E-state index in [1.165, 1.54) is 4.90 Å². The molecule has 0 aliphatic rings. The van der Waals surface area contributed by atoms with Crippen molar-refractivity contribution in [3.63, 3.8) is 0 Å². The number of hydrogen-bond donors (Lipinski definition) is 2. The van der Waals surface area contributed by atoms with E-state index in [0.717, 1.165) is 27.9 Å². The van der Waals surface area contributed by atoms with Crippen molar-refractivity contribution in [1.82, 2.24) is 10.2 Å². The van der Waals surface area contributed by atoms with Crippen molar-refractivity contribution >= 4 is 23.4 Å². The zero-order chi connectivity index (χ0) is 24.2. The van der Waals surface area contributed by atoms with Crippen LogP contribution in [0, 0.1) is 20.8 Å². The molecule has 1 unspecified atom stereocenters. The molecule has 0 aromatic heterocycles. The van der Waals surface area contributed by atoms with Crippen LogP contribution in [0.3, 0.4) is 0 Å². The highest BCUT2D eigenvalue weighted by atomic mass is 16.2. The third-order valence-corrected chi connectivity index (χ3v) is 5.43. The van der Waals surface area contributed by atoms with Gasteiger partial charge in [0.1, 0.15) is 6.04 Å². The van der Waals surface area contributed by atoms with Crippen LogP contribution in [0.1, 0.15) is 60.3 Å². The molecular weight excluding hydrogens is 402 g/mol. The van der Waals surface area contributed by atoms with Gasteiger partial charge in [0.05, 0.1) is 6.54 Å². The molecule has 1 atom stereocenters. The first-order chi connectivity index (χ1) is 14.8. The van der Waals surface area contributed by atoms with E-state index in [1.54, 1.807) is 26.1 Å². The standard InChI is InChI=1S/C26H35N3O3/c1-16-13-17(2)23(18(3)14-16)28-22(30)15-29(8)25(32)19(4)27-24(31)20-9-11-21(12-10-20)26(5,6)7/h9-14,19H,15H2,1-8H3,(H,27,31)(H,28,30). The van der Waals surface area contributed by atoms with Gasteiger partial charge in [-0.3, -0.25) is 14.4 Å². The molecule has 0 spiro atoms. The minimum absolute atomic E-state index is 0.00277. The molecule has 0 aliphatic carbocycles. The summed E-state index contributed by atoms with van der Waals surface area (Å²) in [6, 6.07) is 10.6. The lowest BCUT2D eigenvalue weighted by molar-refractivity contribution is -0.134. The molecule has 0 radical (unpaired) electrons. The van der Waals surface area contributed by atoms with Crippen LogP contribution in [0.4, 0.5) is 5.69 Å². The zero-order valence-electron chi connectivity index (χ0n) is 20.4. The van der Waals surface area contributed by atoms with Crippen molar-refractivity contribution < 1.29 is 14.4 Å². The number of nitrogens with zero attached hydrogens (tertiary/aromatic N) is 1. The van der Waals surface area contributed by atoms with Crippen LogP contribution in [0.15, 0.2) is 36.4 Å². The molecule has 2 N–H and O–H groups in total. The van der Waals surface area contributed by atoms with E-state index in [-0.39, 0.29) is 29.7 Å². The Balaban J connectivity index is 1.95. The Hall–Kier alpha value is -3.15. The van der Waals surface area contributed by atoms with Crippen molar-refractivity contribution in [2.24, 2.45) is 0 Å². The number of amides is 3. The van der Waals surface area contributed by atoms with Gasteiger partial charge in [-0.15, -0.1) is 0 Å². The van der Waals surface area contributed by atoms with Gasteiger partial charge in [-0.05, 0) is 61.9 Å². The van der Waals surface area contributed by atoms with Gasteiger partial charge in [0.15, 0.2) is 0 Å². The van der Waals surface area contributed by atoms with E-state index < -0.39 is 6.04 Å². The van der Waals surface area contributed by atoms with Crippen molar-refractivity contribution in [2.75, 3.05) is 18.9 Å². The molecule has 0 heterocycles. The normalized spacial score (nSPS) is 12.1. The lowest BCUT2D eigenvalue weighted by Gasteiger charge is -2.23. The van der Waals surface area contributed by atoms with Gasteiger partial charge in [-0.1, -0.05) is 50.6 Å². The second-order valence-corrected chi connectivity index (χ2v) is 9.54.